The van der Waals surface area contributed by atoms with Gasteiger partial charge in [-0.1, -0.05) is 11.8 Å². The molecule has 0 aromatic heterocycles. The van der Waals surface area contributed by atoms with Crippen LogP contribution in [0, 0.1) is 0 Å². The van der Waals surface area contributed by atoms with Gasteiger partial charge >= 0.3 is 0 Å². The molecule has 0 aromatic rings. The van der Waals surface area contributed by atoms with Gasteiger partial charge in [0.05, 0.1) is 6.54 Å². The van der Waals surface area contributed by atoms with E-state index < -0.39 is 0 Å². The van der Waals surface area contributed by atoms with Gasteiger partial charge in [0.25, 0.3) is 0 Å². The molecule has 76 valence electrons. The minimum absolute atomic E-state index is 0.191. The van der Waals surface area contributed by atoms with E-state index in [0.717, 1.165) is 25.9 Å². The third-order valence-corrected chi connectivity index (χ3v) is 4.24. The first-order valence-corrected chi connectivity index (χ1v) is 6.05. The van der Waals surface area contributed by atoms with E-state index >= 15 is 0 Å². The van der Waals surface area contributed by atoms with Crippen molar-refractivity contribution >= 4 is 16.9 Å². The van der Waals surface area contributed by atoms with Crippen molar-refractivity contribution in [2.24, 2.45) is 10.7 Å². The van der Waals surface area contributed by atoms with E-state index in [1.807, 2.05) is 11.8 Å². The molecule has 0 radical (unpaired) electrons. The lowest BCUT2D eigenvalue weighted by Gasteiger charge is -2.06. The van der Waals surface area contributed by atoms with Crippen LogP contribution in [0.3, 0.4) is 0 Å². The number of hydrogen-bond donors (Lipinski definition) is 1. The molecule has 0 bridgehead atoms. The zero-order valence-electron chi connectivity index (χ0n) is 8.20. The van der Waals surface area contributed by atoms with E-state index in [2.05, 4.69) is 16.1 Å². The van der Waals surface area contributed by atoms with Crippen LogP contribution in [-0.2, 0) is 0 Å². The standard InChI is InChI=1S/C10H15N3S/c11-10(3-4-10)2-1-8-7-13-6-5-12-9(13)14-8/h7H,1-6,11H2. The summed E-state index contributed by atoms with van der Waals surface area (Å²) in [5, 5.41) is 1.20. The fraction of sp³-hybridized carbons (Fsp3) is 0.700. The van der Waals surface area contributed by atoms with Crippen LogP contribution in [0.1, 0.15) is 25.7 Å². The molecule has 2 heterocycles. The molecule has 0 atom stereocenters. The molecule has 0 amide bonds. The second kappa shape index (κ2) is 3.00. The predicted molar refractivity (Wildman–Crippen MR) is 60.1 cm³/mol. The number of aliphatic imine (C=N–C) groups is 1. The van der Waals surface area contributed by atoms with Crippen LogP contribution >= 0.6 is 11.8 Å². The Morgan fingerprint density at radius 2 is 2.43 bits per heavy atom. The molecular weight excluding hydrogens is 194 g/mol. The highest BCUT2D eigenvalue weighted by Gasteiger charge is 2.38. The van der Waals surface area contributed by atoms with Crippen molar-refractivity contribution in [3.05, 3.63) is 11.1 Å². The largest absolute Gasteiger partial charge is 0.325 e. The Bertz CT molecular complexity index is 317. The van der Waals surface area contributed by atoms with E-state index in [-0.39, 0.29) is 5.54 Å². The Hall–Kier alpha value is -0.480. The van der Waals surface area contributed by atoms with Crippen LogP contribution in [0.4, 0.5) is 0 Å². The van der Waals surface area contributed by atoms with Crippen molar-refractivity contribution in [2.45, 2.75) is 31.2 Å². The number of thioether (sulfide) groups is 1. The molecule has 14 heavy (non-hydrogen) atoms. The molecule has 2 aliphatic heterocycles. The highest BCUT2D eigenvalue weighted by atomic mass is 32.2. The normalized spacial score (nSPS) is 27.4. The first-order valence-electron chi connectivity index (χ1n) is 5.24. The van der Waals surface area contributed by atoms with E-state index in [9.17, 15) is 0 Å². The average Bonchev–Trinajstić information content (AvgIpc) is 2.61. The lowest BCUT2D eigenvalue weighted by Crippen LogP contribution is -2.21. The Kier molecular flexibility index (Phi) is 1.89. The average molecular weight is 209 g/mol. The summed E-state index contributed by atoms with van der Waals surface area (Å²) in [6.45, 7) is 2.03. The van der Waals surface area contributed by atoms with Gasteiger partial charge in [0.15, 0.2) is 5.17 Å². The number of rotatable bonds is 3. The van der Waals surface area contributed by atoms with Crippen LogP contribution in [0.2, 0.25) is 0 Å². The maximum Gasteiger partial charge on any atom is 0.168 e. The Labute approximate surface area is 88.4 Å². The molecule has 3 nitrogen and oxygen atoms in total. The molecule has 4 heteroatoms. The van der Waals surface area contributed by atoms with Crippen LogP contribution in [0.5, 0.6) is 0 Å². The number of amidine groups is 1. The van der Waals surface area contributed by atoms with E-state index in [1.165, 1.54) is 22.9 Å². The first kappa shape index (κ1) is 8.80. The summed E-state index contributed by atoms with van der Waals surface area (Å²) in [5.74, 6) is 0. The topological polar surface area (TPSA) is 41.6 Å². The van der Waals surface area contributed by atoms with Gasteiger partial charge in [0.1, 0.15) is 0 Å². The first-order chi connectivity index (χ1) is 6.75. The molecule has 3 aliphatic rings. The lowest BCUT2D eigenvalue weighted by atomic mass is 10.1. The molecule has 1 aliphatic carbocycles. The van der Waals surface area contributed by atoms with Gasteiger partial charge in [0.2, 0.25) is 0 Å². The van der Waals surface area contributed by atoms with Gasteiger partial charge < -0.3 is 10.6 Å². The van der Waals surface area contributed by atoms with Crippen LogP contribution in [-0.4, -0.2) is 28.7 Å². The van der Waals surface area contributed by atoms with Gasteiger partial charge in [-0.25, -0.2) is 0 Å². The van der Waals surface area contributed by atoms with Crippen molar-refractivity contribution in [3.8, 4) is 0 Å². The summed E-state index contributed by atoms with van der Waals surface area (Å²) >= 11 is 1.83. The molecule has 3 rings (SSSR count). The smallest absolute Gasteiger partial charge is 0.168 e. The van der Waals surface area contributed by atoms with E-state index in [4.69, 9.17) is 5.73 Å². The quantitative estimate of drug-likeness (QED) is 0.766. The number of allylic oxidation sites excluding steroid dienone is 1. The maximum absolute atomic E-state index is 6.06. The predicted octanol–water partition coefficient (Wildman–Crippen LogP) is 1.52. The molecule has 1 fully saturated rings. The fourth-order valence-electron chi connectivity index (χ4n) is 1.87. The van der Waals surface area contributed by atoms with Crippen molar-refractivity contribution < 1.29 is 0 Å². The second-order valence-corrected chi connectivity index (χ2v) is 5.51. The fourth-order valence-corrected chi connectivity index (χ4v) is 2.90. The monoisotopic (exact) mass is 209 g/mol. The van der Waals surface area contributed by atoms with Crippen molar-refractivity contribution in [2.75, 3.05) is 13.1 Å². The summed E-state index contributed by atoms with van der Waals surface area (Å²) in [6, 6.07) is 0. The van der Waals surface area contributed by atoms with Crippen LogP contribution in [0.25, 0.3) is 0 Å². The molecule has 0 aromatic carbocycles. The Morgan fingerprint density at radius 3 is 3.14 bits per heavy atom. The van der Waals surface area contributed by atoms with Crippen LogP contribution < -0.4 is 5.73 Å². The van der Waals surface area contributed by atoms with Gasteiger partial charge in [-0.15, -0.1) is 0 Å². The zero-order chi connectivity index (χ0) is 9.60. The third kappa shape index (κ3) is 1.57. The summed E-state index contributed by atoms with van der Waals surface area (Å²) in [7, 11) is 0. The zero-order valence-corrected chi connectivity index (χ0v) is 9.02. The number of nitrogens with two attached hydrogens (primary N) is 1. The summed E-state index contributed by atoms with van der Waals surface area (Å²) in [4.78, 5) is 8.13. The van der Waals surface area contributed by atoms with Gasteiger partial charge in [-0.05, 0) is 25.7 Å². The number of nitrogens with zero attached hydrogens (tertiary/aromatic N) is 2. The lowest BCUT2D eigenvalue weighted by molar-refractivity contribution is 0.598. The molecule has 0 unspecified atom stereocenters. The summed E-state index contributed by atoms with van der Waals surface area (Å²) in [5.41, 5.74) is 6.25. The third-order valence-electron chi connectivity index (χ3n) is 3.12. The molecule has 2 N–H and O–H groups in total. The van der Waals surface area contributed by atoms with Gasteiger partial charge in [-0.2, -0.15) is 0 Å². The second-order valence-electron chi connectivity index (χ2n) is 4.42. The van der Waals surface area contributed by atoms with Gasteiger partial charge in [0, 0.05) is 23.2 Å². The van der Waals surface area contributed by atoms with E-state index in [0.29, 0.717) is 0 Å². The minimum atomic E-state index is 0.191. The highest BCUT2D eigenvalue weighted by molar-refractivity contribution is 8.17. The number of fused-ring (bicyclic) bond motifs is 1. The van der Waals surface area contributed by atoms with Crippen molar-refractivity contribution in [1.29, 1.82) is 0 Å². The van der Waals surface area contributed by atoms with Crippen LogP contribution in [0.15, 0.2) is 16.1 Å². The molecule has 1 saturated carbocycles. The number of hydrogen-bond acceptors (Lipinski definition) is 4. The van der Waals surface area contributed by atoms with Crippen molar-refractivity contribution in [1.82, 2.24) is 4.90 Å². The Balaban J connectivity index is 1.57. The minimum Gasteiger partial charge on any atom is -0.325 e. The molecule has 0 saturated heterocycles. The molecule has 0 spiro atoms. The van der Waals surface area contributed by atoms with E-state index in [1.54, 1.807) is 0 Å². The Morgan fingerprint density at radius 1 is 1.57 bits per heavy atom. The molecular formula is C10H15N3S. The van der Waals surface area contributed by atoms with Crippen molar-refractivity contribution in [3.63, 3.8) is 0 Å². The van der Waals surface area contributed by atoms with Gasteiger partial charge in [-0.3, -0.25) is 4.99 Å². The highest BCUT2D eigenvalue weighted by Crippen LogP contribution is 2.41. The maximum atomic E-state index is 6.06. The summed E-state index contributed by atoms with van der Waals surface area (Å²) in [6.07, 6.45) is 6.97. The summed E-state index contributed by atoms with van der Waals surface area (Å²) < 4.78 is 0. The SMILES string of the molecule is NC1(CCC2=CN3CCN=C3S2)CC1.